The number of amides is 2. The Morgan fingerprint density at radius 3 is 2.33 bits per heavy atom. The molecule has 30 heavy (non-hydrogen) atoms. The van der Waals surface area contributed by atoms with E-state index in [0.29, 0.717) is 38.0 Å². The molecule has 162 valence electrons. The van der Waals surface area contributed by atoms with E-state index in [4.69, 9.17) is 46.4 Å². The van der Waals surface area contributed by atoms with Crippen LogP contribution in [-0.2, 0) is 21.9 Å². The van der Waals surface area contributed by atoms with Crippen molar-refractivity contribution in [2.24, 2.45) is 0 Å². The molecule has 2 rings (SSSR count). The van der Waals surface area contributed by atoms with Crippen molar-refractivity contribution in [1.29, 1.82) is 0 Å². The minimum absolute atomic E-state index is 0.163. The van der Waals surface area contributed by atoms with E-state index >= 15 is 0 Å². The number of thioether (sulfide) groups is 1. The van der Waals surface area contributed by atoms with E-state index in [-0.39, 0.29) is 24.1 Å². The van der Waals surface area contributed by atoms with Crippen LogP contribution in [-0.4, -0.2) is 35.1 Å². The maximum atomic E-state index is 13.0. The number of carbonyl (C=O) groups excluding carboxylic acids is 2. The lowest BCUT2D eigenvalue weighted by molar-refractivity contribution is -0.138. The van der Waals surface area contributed by atoms with Gasteiger partial charge < -0.3 is 10.2 Å². The second kappa shape index (κ2) is 12.1. The Bertz CT molecular complexity index is 890. The minimum atomic E-state index is -0.659. The van der Waals surface area contributed by atoms with Gasteiger partial charge in [-0.3, -0.25) is 9.59 Å². The van der Waals surface area contributed by atoms with Crippen molar-refractivity contribution in [3.05, 3.63) is 67.6 Å². The van der Waals surface area contributed by atoms with Crippen LogP contribution < -0.4 is 5.32 Å². The number of benzene rings is 2. The second-order valence-corrected chi connectivity index (χ2v) is 9.16. The number of carbonyl (C=O) groups is 2. The van der Waals surface area contributed by atoms with E-state index in [1.165, 1.54) is 16.7 Å². The molecule has 0 aliphatic heterocycles. The molecule has 0 saturated heterocycles. The average Bonchev–Trinajstić information content (AvgIpc) is 2.69. The molecule has 0 spiro atoms. The number of rotatable bonds is 9. The highest BCUT2D eigenvalue weighted by atomic mass is 35.5. The van der Waals surface area contributed by atoms with Crippen LogP contribution in [0, 0.1) is 0 Å². The van der Waals surface area contributed by atoms with Crippen LogP contribution in [0.25, 0.3) is 0 Å². The van der Waals surface area contributed by atoms with Crippen LogP contribution in [0.1, 0.15) is 25.0 Å². The van der Waals surface area contributed by atoms with Gasteiger partial charge in [0, 0.05) is 38.9 Å². The van der Waals surface area contributed by atoms with Gasteiger partial charge in [-0.2, -0.15) is 0 Å². The first-order valence-electron chi connectivity index (χ1n) is 9.26. The normalized spacial score (nSPS) is 11.8. The molecule has 2 aromatic rings. The Morgan fingerprint density at radius 1 is 1.07 bits per heavy atom. The molecule has 1 unspecified atom stereocenters. The van der Waals surface area contributed by atoms with Gasteiger partial charge in [0.15, 0.2) is 0 Å². The number of nitrogens with one attached hydrogen (secondary N) is 1. The van der Waals surface area contributed by atoms with Crippen LogP contribution in [0.2, 0.25) is 20.1 Å². The summed E-state index contributed by atoms with van der Waals surface area (Å²) in [5, 5.41) is 4.82. The molecule has 0 saturated carbocycles. The van der Waals surface area contributed by atoms with Crippen molar-refractivity contribution in [2.75, 3.05) is 12.3 Å². The van der Waals surface area contributed by atoms with Crippen LogP contribution >= 0.6 is 58.2 Å². The quantitative estimate of drug-likeness (QED) is 0.447. The summed E-state index contributed by atoms with van der Waals surface area (Å²) >= 11 is 26.0. The Hall–Kier alpha value is -1.11. The predicted octanol–water partition coefficient (Wildman–Crippen LogP) is 6.09. The summed E-state index contributed by atoms with van der Waals surface area (Å²) in [5.41, 5.74) is 1.49. The summed E-state index contributed by atoms with van der Waals surface area (Å²) in [4.78, 5) is 26.9. The first kappa shape index (κ1) is 25.2. The first-order valence-corrected chi connectivity index (χ1v) is 11.9. The molecule has 1 N–H and O–H groups in total. The van der Waals surface area contributed by atoms with E-state index in [9.17, 15) is 9.59 Å². The van der Waals surface area contributed by atoms with Crippen molar-refractivity contribution in [3.8, 4) is 0 Å². The summed E-state index contributed by atoms with van der Waals surface area (Å²) in [7, 11) is 0. The van der Waals surface area contributed by atoms with E-state index < -0.39 is 6.04 Å². The summed E-state index contributed by atoms with van der Waals surface area (Å²) in [5.74, 6) is 0.231. The van der Waals surface area contributed by atoms with E-state index in [1.807, 2.05) is 6.92 Å². The lowest BCUT2D eigenvalue weighted by atomic mass is 10.1. The fraction of sp³-hybridized carbons (Fsp3) is 0.333. The van der Waals surface area contributed by atoms with Crippen molar-refractivity contribution >= 4 is 70.0 Å². The monoisotopic (exact) mass is 506 g/mol. The van der Waals surface area contributed by atoms with E-state index in [2.05, 4.69) is 5.32 Å². The zero-order chi connectivity index (χ0) is 22.3. The van der Waals surface area contributed by atoms with Gasteiger partial charge in [0.1, 0.15) is 6.04 Å². The average molecular weight is 508 g/mol. The molecule has 0 aromatic heterocycles. The van der Waals surface area contributed by atoms with Crippen molar-refractivity contribution in [1.82, 2.24) is 10.2 Å². The lowest BCUT2D eigenvalue weighted by Gasteiger charge is -2.29. The Labute approximate surface area is 201 Å². The standard InChI is InChI=1S/C21H22Cl4N2O2S/c1-3-26-21(29)13(2)27(10-14-7-8-15(22)9-19(14)25)20(28)12-30-11-16-17(23)5-4-6-18(16)24/h4-9,13H,3,10-12H2,1-2H3,(H,26,29). The second-order valence-electron chi connectivity index (χ2n) is 6.52. The highest BCUT2D eigenvalue weighted by Crippen LogP contribution is 2.29. The lowest BCUT2D eigenvalue weighted by Crippen LogP contribution is -2.48. The smallest absolute Gasteiger partial charge is 0.242 e. The molecule has 0 bridgehead atoms. The van der Waals surface area contributed by atoms with Crippen molar-refractivity contribution in [3.63, 3.8) is 0 Å². The molecule has 0 heterocycles. The van der Waals surface area contributed by atoms with Crippen LogP contribution in [0.3, 0.4) is 0 Å². The fourth-order valence-corrected chi connectivity index (χ4v) is 4.85. The van der Waals surface area contributed by atoms with Gasteiger partial charge in [-0.1, -0.05) is 58.5 Å². The maximum absolute atomic E-state index is 13.0. The SMILES string of the molecule is CCNC(=O)C(C)N(Cc1ccc(Cl)cc1Cl)C(=O)CSCc1c(Cl)cccc1Cl. The summed E-state index contributed by atoms with van der Waals surface area (Å²) < 4.78 is 0. The number of hydrogen-bond donors (Lipinski definition) is 1. The maximum Gasteiger partial charge on any atom is 0.242 e. The number of nitrogens with zero attached hydrogens (tertiary/aromatic N) is 1. The highest BCUT2D eigenvalue weighted by molar-refractivity contribution is 7.99. The third-order valence-electron chi connectivity index (χ3n) is 4.41. The van der Waals surface area contributed by atoms with Crippen LogP contribution in [0.4, 0.5) is 0 Å². The molecule has 9 heteroatoms. The van der Waals surface area contributed by atoms with Gasteiger partial charge in [0.2, 0.25) is 11.8 Å². The molecular weight excluding hydrogens is 486 g/mol. The molecule has 2 aromatic carbocycles. The molecule has 0 fully saturated rings. The summed E-state index contributed by atoms with van der Waals surface area (Å²) in [6.45, 7) is 4.20. The summed E-state index contributed by atoms with van der Waals surface area (Å²) in [6.07, 6.45) is 0. The largest absolute Gasteiger partial charge is 0.355 e. The molecule has 0 aliphatic carbocycles. The van der Waals surface area contributed by atoms with Crippen LogP contribution in [0.15, 0.2) is 36.4 Å². The minimum Gasteiger partial charge on any atom is -0.355 e. The molecule has 0 aliphatic rings. The molecular formula is C21H22Cl4N2O2S. The first-order chi connectivity index (χ1) is 14.2. The zero-order valence-corrected chi connectivity index (χ0v) is 20.4. The topological polar surface area (TPSA) is 49.4 Å². The number of hydrogen-bond acceptors (Lipinski definition) is 3. The van der Waals surface area contributed by atoms with Gasteiger partial charge in [0.05, 0.1) is 5.75 Å². The summed E-state index contributed by atoms with van der Waals surface area (Å²) in [6, 6.07) is 9.71. The molecule has 0 radical (unpaired) electrons. The Kier molecular flexibility index (Phi) is 10.1. The van der Waals surface area contributed by atoms with E-state index in [0.717, 1.165) is 5.56 Å². The van der Waals surface area contributed by atoms with Gasteiger partial charge >= 0.3 is 0 Å². The third-order valence-corrected chi connectivity index (χ3v) is 6.65. The van der Waals surface area contributed by atoms with E-state index in [1.54, 1.807) is 43.3 Å². The van der Waals surface area contributed by atoms with Crippen molar-refractivity contribution < 1.29 is 9.59 Å². The van der Waals surface area contributed by atoms with Gasteiger partial charge in [-0.15, -0.1) is 11.8 Å². The van der Waals surface area contributed by atoms with Crippen LogP contribution in [0.5, 0.6) is 0 Å². The Balaban J connectivity index is 2.14. The molecule has 4 nitrogen and oxygen atoms in total. The third kappa shape index (κ3) is 6.96. The molecule has 1 atom stereocenters. The number of likely N-dealkylation sites (N-methyl/N-ethyl adjacent to an activating group) is 1. The van der Waals surface area contributed by atoms with Gasteiger partial charge in [-0.25, -0.2) is 0 Å². The number of halogens is 4. The van der Waals surface area contributed by atoms with Gasteiger partial charge in [-0.05, 0) is 49.2 Å². The highest BCUT2D eigenvalue weighted by Gasteiger charge is 2.26. The zero-order valence-electron chi connectivity index (χ0n) is 16.6. The predicted molar refractivity (Wildman–Crippen MR) is 128 cm³/mol. The fourth-order valence-electron chi connectivity index (χ4n) is 2.73. The van der Waals surface area contributed by atoms with Crippen molar-refractivity contribution in [2.45, 2.75) is 32.2 Å². The molecule has 2 amide bonds. The van der Waals surface area contributed by atoms with Gasteiger partial charge in [0.25, 0.3) is 0 Å². The Morgan fingerprint density at radius 2 is 1.73 bits per heavy atom.